The molecule has 0 amide bonds. The summed E-state index contributed by atoms with van der Waals surface area (Å²) in [6, 6.07) is 0. The fourth-order valence-corrected chi connectivity index (χ4v) is 1.54. The minimum absolute atomic E-state index is 0.0719. The molecule has 0 aliphatic carbocycles. The first-order valence-corrected chi connectivity index (χ1v) is 5.11. The molecule has 0 aromatic carbocycles. The molecule has 0 spiro atoms. The van der Waals surface area contributed by atoms with E-state index in [1.54, 1.807) is 0 Å². The first-order valence-electron chi connectivity index (χ1n) is 5.11. The Morgan fingerprint density at radius 1 is 1.36 bits per heavy atom. The van der Waals surface area contributed by atoms with Crippen LogP contribution < -0.4 is 0 Å². The fourth-order valence-electron chi connectivity index (χ4n) is 1.54. The summed E-state index contributed by atoms with van der Waals surface area (Å²) in [7, 11) is 0. The van der Waals surface area contributed by atoms with Gasteiger partial charge in [0.1, 0.15) is 0 Å². The number of hydrogen-bond donors (Lipinski definition) is 1. The molecule has 1 atom stereocenters. The van der Waals surface area contributed by atoms with Crippen molar-refractivity contribution in [2.75, 3.05) is 0 Å². The molecular weight excluding hydrogens is 182 g/mol. The number of carbonyl (C=O) groups is 1. The highest BCUT2D eigenvalue weighted by Crippen LogP contribution is 2.13. The first kappa shape index (κ1) is 11.0. The predicted octanol–water partition coefficient (Wildman–Crippen LogP) is 2.10. The second-order valence-electron chi connectivity index (χ2n) is 3.71. The van der Waals surface area contributed by atoms with Crippen molar-refractivity contribution >= 4 is 11.7 Å². The van der Waals surface area contributed by atoms with E-state index in [0.717, 1.165) is 31.4 Å². The molecule has 1 aliphatic heterocycles. The molecule has 1 fully saturated rings. The van der Waals surface area contributed by atoms with Crippen LogP contribution in [0.4, 0.5) is 0 Å². The number of rotatable bonds is 0. The summed E-state index contributed by atoms with van der Waals surface area (Å²) in [6.45, 7) is 1.87. The Hall–Kier alpha value is -1.06. The third kappa shape index (κ3) is 3.77. The number of hydrogen-bond acceptors (Lipinski definition) is 4. The van der Waals surface area contributed by atoms with Crippen LogP contribution in [0.2, 0.25) is 0 Å². The number of oxime groups is 1. The van der Waals surface area contributed by atoms with E-state index in [1.165, 1.54) is 0 Å². The van der Waals surface area contributed by atoms with Gasteiger partial charge in [0, 0.05) is 6.42 Å². The van der Waals surface area contributed by atoms with Crippen molar-refractivity contribution in [2.45, 2.75) is 51.6 Å². The standard InChI is InChI=1S/C10H17NO3/c1-8-6-7-9(11-13)4-2-3-5-10(12)14-8/h8,13H,2-7H2,1H3/b11-9-/t8-/m1/s1. The number of nitrogens with zero attached hydrogens (tertiary/aromatic N) is 1. The first-order chi connectivity index (χ1) is 6.72. The molecule has 0 unspecified atom stereocenters. The van der Waals surface area contributed by atoms with Gasteiger partial charge in [0.15, 0.2) is 0 Å². The average Bonchev–Trinajstić information content (AvgIpc) is 2.16. The zero-order chi connectivity index (χ0) is 10.4. The van der Waals surface area contributed by atoms with Crippen LogP contribution >= 0.6 is 0 Å². The number of ether oxygens (including phenoxy) is 1. The van der Waals surface area contributed by atoms with E-state index in [0.29, 0.717) is 12.8 Å². The molecule has 4 heteroatoms. The molecule has 14 heavy (non-hydrogen) atoms. The van der Waals surface area contributed by atoms with Gasteiger partial charge in [-0.2, -0.15) is 0 Å². The summed E-state index contributed by atoms with van der Waals surface area (Å²) in [5.74, 6) is -0.109. The minimum atomic E-state index is -0.109. The van der Waals surface area contributed by atoms with Crippen LogP contribution in [-0.2, 0) is 9.53 Å². The predicted molar refractivity (Wildman–Crippen MR) is 52.5 cm³/mol. The summed E-state index contributed by atoms with van der Waals surface area (Å²) in [6.07, 6.45) is 4.35. The highest BCUT2D eigenvalue weighted by atomic mass is 16.5. The third-order valence-corrected chi connectivity index (χ3v) is 2.41. The minimum Gasteiger partial charge on any atom is -0.463 e. The molecule has 80 valence electrons. The van der Waals surface area contributed by atoms with Crippen LogP contribution in [0.5, 0.6) is 0 Å². The van der Waals surface area contributed by atoms with Crippen molar-refractivity contribution in [2.24, 2.45) is 5.16 Å². The molecule has 1 rings (SSSR count). The maximum atomic E-state index is 11.2. The van der Waals surface area contributed by atoms with Gasteiger partial charge < -0.3 is 9.94 Å². The Kier molecular flexibility index (Phi) is 4.43. The molecule has 1 heterocycles. The molecule has 0 saturated carbocycles. The molecule has 1 saturated heterocycles. The van der Waals surface area contributed by atoms with Gasteiger partial charge in [-0.25, -0.2) is 0 Å². The second kappa shape index (κ2) is 5.62. The van der Waals surface area contributed by atoms with Gasteiger partial charge in [0.2, 0.25) is 0 Å². The van der Waals surface area contributed by atoms with Gasteiger partial charge >= 0.3 is 5.97 Å². The highest BCUT2D eigenvalue weighted by molar-refractivity contribution is 5.84. The summed E-state index contributed by atoms with van der Waals surface area (Å²) in [5.41, 5.74) is 0.815. The van der Waals surface area contributed by atoms with Crippen LogP contribution in [0, 0.1) is 0 Å². The molecular formula is C10H17NO3. The smallest absolute Gasteiger partial charge is 0.306 e. The molecule has 0 bridgehead atoms. The monoisotopic (exact) mass is 199 g/mol. The number of cyclic esters (lactones) is 1. The number of esters is 1. The highest BCUT2D eigenvalue weighted by Gasteiger charge is 2.13. The Labute approximate surface area is 83.9 Å². The quantitative estimate of drug-likeness (QED) is 0.369. The van der Waals surface area contributed by atoms with E-state index in [1.807, 2.05) is 6.92 Å². The molecule has 0 radical (unpaired) electrons. The van der Waals surface area contributed by atoms with Crippen molar-refractivity contribution in [1.82, 2.24) is 0 Å². The van der Waals surface area contributed by atoms with E-state index in [-0.39, 0.29) is 12.1 Å². The second-order valence-corrected chi connectivity index (χ2v) is 3.71. The van der Waals surface area contributed by atoms with Crippen molar-refractivity contribution < 1.29 is 14.7 Å². The molecule has 1 N–H and O–H groups in total. The summed E-state index contributed by atoms with van der Waals surface area (Å²) >= 11 is 0. The van der Waals surface area contributed by atoms with Crippen molar-refractivity contribution in [3.63, 3.8) is 0 Å². The zero-order valence-corrected chi connectivity index (χ0v) is 8.53. The normalized spacial score (nSPS) is 28.5. The zero-order valence-electron chi connectivity index (χ0n) is 8.53. The Balaban J connectivity index is 2.48. The number of carbonyl (C=O) groups excluding carboxylic acids is 1. The molecule has 0 aromatic rings. The largest absolute Gasteiger partial charge is 0.463 e. The maximum Gasteiger partial charge on any atom is 0.306 e. The van der Waals surface area contributed by atoms with Crippen molar-refractivity contribution in [3.05, 3.63) is 0 Å². The maximum absolute atomic E-state index is 11.2. The SMILES string of the molecule is C[C@@H]1CC/C(=N\O)CCCCC(=O)O1. The summed E-state index contributed by atoms with van der Waals surface area (Å²) in [5, 5.41) is 11.9. The summed E-state index contributed by atoms with van der Waals surface area (Å²) in [4.78, 5) is 11.2. The molecule has 4 nitrogen and oxygen atoms in total. The van der Waals surface area contributed by atoms with Gasteiger partial charge in [0.25, 0.3) is 0 Å². The van der Waals surface area contributed by atoms with E-state index >= 15 is 0 Å². The van der Waals surface area contributed by atoms with Crippen molar-refractivity contribution in [1.29, 1.82) is 0 Å². The van der Waals surface area contributed by atoms with E-state index < -0.39 is 0 Å². The van der Waals surface area contributed by atoms with Gasteiger partial charge in [-0.1, -0.05) is 5.16 Å². The lowest BCUT2D eigenvalue weighted by Crippen LogP contribution is -2.17. The lowest BCUT2D eigenvalue weighted by molar-refractivity contribution is -0.148. The van der Waals surface area contributed by atoms with Crippen LogP contribution in [-0.4, -0.2) is 23.0 Å². The van der Waals surface area contributed by atoms with Crippen LogP contribution in [0.25, 0.3) is 0 Å². The fraction of sp³-hybridized carbons (Fsp3) is 0.800. The Morgan fingerprint density at radius 3 is 2.79 bits per heavy atom. The van der Waals surface area contributed by atoms with Crippen LogP contribution in [0.1, 0.15) is 45.4 Å². The van der Waals surface area contributed by atoms with Crippen LogP contribution in [0.15, 0.2) is 5.16 Å². The van der Waals surface area contributed by atoms with Crippen molar-refractivity contribution in [3.8, 4) is 0 Å². The Bertz CT molecular complexity index is 225. The van der Waals surface area contributed by atoms with Gasteiger partial charge in [0.05, 0.1) is 11.8 Å². The summed E-state index contributed by atoms with van der Waals surface area (Å²) < 4.78 is 5.14. The average molecular weight is 199 g/mol. The van der Waals surface area contributed by atoms with E-state index in [2.05, 4.69) is 5.16 Å². The Morgan fingerprint density at radius 2 is 2.07 bits per heavy atom. The van der Waals surface area contributed by atoms with Gasteiger partial charge in [-0.3, -0.25) is 4.79 Å². The third-order valence-electron chi connectivity index (χ3n) is 2.41. The lowest BCUT2D eigenvalue weighted by Gasteiger charge is -2.15. The van der Waals surface area contributed by atoms with Gasteiger partial charge in [-0.15, -0.1) is 0 Å². The van der Waals surface area contributed by atoms with E-state index in [9.17, 15) is 4.79 Å². The van der Waals surface area contributed by atoms with Crippen LogP contribution in [0.3, 0.4) is 0 Å². The molecule has 0 aromatic heterocycles. The lowest BCUT2D eigenvalue weighted by atomic mass is 10.0. The van der Waals surface area contributed by atoms with Gasteiger partial charge in [-0.05, 0) is 39.0 Å². The molecule has 1 aliphatic rings. The topological polar surface area (TPSA) is 58.9 Å². The van der Waals surface area contributed by atoms with E-state index in [4.69, 9.17) is 9.94 Å².